The summed E-state index contributed by atoms with van der Waals surface area (Å²) < 4.78 is 10.4. The minimum atomic E-state index is -0.862. The predicted molar refractivity (Wildman–Crippen MR) is 107 cm³/mol. The van der Waals surface area contributed by atoms with Crippen molar-refractivity contribution in [2.45, 2.75) is 38.7 Å². The molecule has 27 heavy (non-hydrogen) atoms. The average molecular weight is 374 g/mol. The lowest BCUT2D eigenvalue weighted by atomic mass is 10.2. The van der Waals surface area contributed by atoms with E-state index in [1.807, 2.05) is 24.3 Å². The molecule has 0 bridgehead atoms. The van der Waals surface area contributed by atoms with Crippen molar-refractivity contribution in [1.82, 2.24) is 0 Å². The Balaban J connectivity index is 2.04. The van der Waals surface area contributed by atoms with Crippen molar-refractivity contribution in [2.75, 3.05) is 19.8 Å². The molecule has 0 saturated heterocycles. The maximum absolute atomic E-state index is 11.8. The van der Waals surface area contributed by atoms with Crippen molar-refractivity contribution >= 4 is 5.97 Å². The molecule has 1 rings (SSSR count). The number of aliphatic hydroxyl groups excluding tert-OH is 1. The Bertz CT molecular complexity index is 602. The highest BCUT2D eigenvalue weighted by atomic mass is 16.5. The van der Waals surface area contributed by atoms with E-state index in [9.17, 15) is 15.0 Å². The monoisotopic (exact) mass is 374 g/mol. The van der Waals surface area contributed by atoms with Gasteiger partial charge in [-0.25, -0.2) is 4.79 Å². The lowest BCUT2D eigenvalue weighted by molar-refractivity contribution is -0.0111. The van der Waals surface area contributed by atoms with Crippen LogP contribution in [0.5, 0.6) is 5.75 Å². The summed E-state index contributed by atoms with van der Waals surface area (Å²) in [5, 5.41) is 19.0. The molecule has 0 aliphatic rings. The van der Waals surface area contributed by atoms with Crippen LogP contribution in [0, 0.1) is 0 Å². The van der Waals surface area contributed by atoms with E-state index >= 15 is 0 Å². The molecule has 1 aromatic carbocycles. The molecule has 5 nitrogen and oxygen atoms in total. The summed E-state index contributed by atoms with van der Waals surface area (Å²) in [5.74, 6) is -0.466. The van der Waals surface area contributed by atoms with Crippen LogP contribution in [0.3, 0.4) is 0 Å². The second kappa shape index (κ2) is 14.8. The van der Waals surface area contributed by atoms with Crippen molar-refractivity contribution < 1.29 is 24.5 Å². The Morgan fingerprint density at radius 1 is 1.04 bits per heavy atom. The molecule has 0 radical (unpaired) electrons. The van der Waals surface area contributed by atoms with E-state index < -0.39 is 12.1 Å². The zero-order valence-electron chi connectivity index (χ0n) is 15.9. The molecule has 1 atom stereocenters. The average Bonchev–Trinajstić information content (AvgIpc) is 2.67. The number of hydrogen-bond acceptors (Lipinski definition) is 5. The van der Waals surface area contributed by atoms with Crippen LogP contribution < -0.4 is 0 Å². The van der Waals surface area contributed by atoms with Crippen LogP contribution in [0.15, 0.2) is 60.7 Å². The van der Waals surface area contributed by atoms with Crippen LogP contribution >= 0.6 is 0 Å². The number of carbonyl (C=O) groups excluding carboxylic acids is 1. The van der Waals surface area contributed by atoms with E-state index in [4.69, 9.17) is 9.47 Å². The van der Waals surface area contributed by atoms with Gasteiger partial charge in [-0.15, -0.1) is 0 Å². The Morgan fingerprint density at radius 3 is 2.37 bits per heavy atom. The van der Waals surface area contributed by atoms with Gasteiger partial charge in [0, 0.05) is 6.61 Å². The highest BCUT2D eigenvalue weighted by Gasteiger charge is 2.11. The maximum Gasteiger partial charge on any atom is 0.338 e. The summed E-state index contributed by atoms with van der Waals surface area (Å²) in [6, 6.07) is 5.74. The van der Waals surface area contributed by atoms with Gasteiger partial charge in [0.15, 0.2) is 0 Å². The number of allylic oxidation sites excluding steroid dienone is 6. The number of aliphatic hydroxyl groups is 1. The van der Waals surface area contributed by atoms with Crippen LogP contribution in [-0.4, -0.2) is 42.1 Å². The molecule has 0 aromatic heterocycles. The van der Waals surface area contributed by atoms with Gasteiger partial charge in [-0.05, 0) is 43.5 Å². The van der Waals surface area contributed by atoms with E-state index in [1.54, 1.807) is 0 Å². The van der Waals surface area contributed by atoms with Crippen molar-refractivity contribution in [2.24, 2.45) is 0 Å². The molecule has 0 heterocycles. The quantitative estimate of drug-likeness (QED) is 0.308. The molecule has 0 fully saturated rings. The molecule has 0 spiro atoms. The highest BCUT2D eigenvalue weighted by molar-refractivity contribution is 5.89. The number of rotatable bonds is 13. The number of benzene rings is 1. The molecular formula is C22H30O5. The summed E-state index contributed by atoms with van der Waals surface area (Å²) in [5.41, 5.74) is 0.322. The van der Waals surface area contributed by atoms with E-state index in [0.29, 0.717) is 12.2 Å². The van der Waals surface area contributed by atoms with Gasteiger partial charge < -0.3 is 19.7 Å². The third-order valence-corrected chi connectivity index (χ3v) is 3.54. The number of aromatic hydroxyl groups is 1. The maximum atomic E-state index is 11.8. The lowest BCUT2D eigenvalue weighted by Gasteiger charge is -2.11. The van der Waals surface area contributed by atoms with E-state index in [-0.39, 0.29) is 19.0 Å². The van der Waals surface area contributed by atoms with Gasteiger partial charge in [0.2, 0.25) is 0 Å². The third kappa shape index (κ3) is 11.8. The Kier molecular flexibility index (Phi) is 12.4. The van der Waals surface area contributed by atoms with Gasteiger partial charge in [0.1, 0.15) is 18.5 Å². The van der Waals surface area contributed by atoms with Gasteiger partial charge in [0.25, 0.3) is 0 Å². The molecule has 0 amide bonds. The van der Waals surface area contributed by atoms with Crippen LogP contribution in [0.25, 0.3) is 0 Å². The number of unbranched alkanes of at least 4 members (excludes halogenated alkanes) is 2. The first-order chi connectivity index (χ1) is 13.1. The van der Waals surface area contributed by atoms with E-state index in [1.165, 1.54) is 24.3 Å². The standard InChI is InChI=1S/C22H30O5/c1-2-3-4-5-6-7-8-9-10-11-16-26-17-21(24)18-27-22(25)19-12-14-20(23)15-13-19/h4-9,12-15,21,23-24H,2-3,10-11,16-18H2,1H3. The summed E-state index contributed by atoms with van der Waals surface area (Å²) in [6.45, 7) is 2.68. The van der Waals surface area contributed by atoms with Gasteiger partial charge in [-0.2, -0.15) is 0 Å². The van der Waals surface area contributed by atoms with Crippen molar-refractivity contribution in [1.29, 1.82) is 0 Å². The topological polar surface area (TPSA) is 76.0 Å². The summed E-state index contributed by atoms with van der Waals surface area (Å²) in [7, 11) is 0. The second-order valence-corrected chi connectivity index (χ2v) is 6.05. The first-order valence-corrected chi connectivity index (χ1v) is 9.33. The molecule has 5 heteroatoms. The van der Waals surface area contributed by atoms with Crippen LogP contribution in [0.1, 0.15) is 43.0 Å². The fraction of sp³-hybridized carbons (Fsp3) is 0.409. The summed E-state index contributed by atoms with van der Waals surface area (Å²) in [6.07, 6.45) is 15.4. The highest BCUT2D eigenvalue weighted by Crippen LogP contribution is 2.10. The van der Waals surface area contributed by atoms with E-state index in [0.717, 1.165) is 25.7 Å². The Labute approximate surface area is 161 Å². The van der Waals surface area contributed by atoms with Gasteiger partial charge in [-0.3, -0.25) is 0 Å². The fourth-order valence-electron chi connectivity index (χ4n) is 2.07. The number of ether oxygens (including phenoxy) is 2. The van der Waals surface area contributed by atoms with Gasteiger partial charge in [0.05, 0.1) is 12.2 Å². The summed E-state index contributed by atoms with van der Waals surface area (Å²) in [4.78, 5) is 11.8. The number of hydrogen-bond donors (Lipinski definition) is 2. The largest absolute Gasteiger partial charge is 0.508 e. The SMILES string of the molecule is CCCC=CC=CC=CCCCOCC(O)COC(=O)c1ccc(O)cc1. The van der Waals surface area contributed by atoms with Crippen LogP contribution in [-0.2, 0) is 9.47 Å². The van der Waals surface area contributed by atoms with Gasteiger partial charge >= 0.3 is 5.97 Å². The minimum absolute atomic E-state index is 0.0784. The van der Waals surface area contributed by atoms with Crippen LogP contribution in [0.4, 0.5) is 0 Å². The molecule has 0 saturated carbocycles. The van der Waals surface area contributed by atoms with E-state index in [2.05, 4.69) is 19.1 Å². The van der Waals surface area contributed by atoms with Crippen LogP contribution in [0.2, 0.25) is 0 Å². The molecule has 0 aliphatic heterocycles. The summed E-state index contributed by atoms with van der Waals surface area (Å²) >= 11 is 0. The predicted octanol–water partition coefficient (Wildman–Crippen LogP) is 4.18. The Hall–Kier alpha value is -2.37. The number of phenols is 1. The molecule has 148 valence electrons. The number of phenolic OH excluding ortho intramolecular Hbond substituents is 1. The van der Waals surface area contributed by atoms with Crippen molar-refractivity contribution in [3.8, 4) is 5.75 Å². The first-order valence-electron chi connectivity index (χ1n) is 9.33. The van der Waals surface area contributed by atoms with Crippen molar-refractivity contribution in [3.63, 3.8) is 0 Å². The lowest BCUT2D eigenvalue weighted by Crippen LogP contribution is -2.24. The third-order valence-electron chi connectivity index (χ3n) is 3.54. The molecule has 1 aromatic rings. The number of esters is 1. The zero-order valence-corrected chi connectivity index (χ0v) is 15.9. The normalized spacial score (nSPS) is 13.0. The molecule has 2 N–H and O–H groups in total. The second-order valence-electron chi connectivity index (χ2n) is 6.05. The minimum Gasteiger partial charge on any atom is -0.508 e. The Morgan fingerprint density at radius 2 is 1.70 bits per heavy atom. The number of carbonyl (C=O) groups is 1. The smallest absolute Gasteiger partial charge is 0.338 e. The zero-order chi connectivity index (χ0) is 19.7. The molecular weight excluding hydrogens is 344 g/mol. The van der Waals surface area contributed by atoms with Gasteiger partial charge in [-0.1, -0.05) is 49.8 Å². The fourth-order valence-corrected chi connectivity index (χ4v) is 2.07. The first kappa shape index (κ1) is 22.7. The molecule has 0 aliphatic carbocycles. The van der Waals surface area contributed by atoms with Crippen molar-refractivity contribution in [3.05, 3.63) is 66.3 Å². The molecule has 1 unspecified atom stereocenters.